The number of hydrogen-bond donors (Lipinski definition) is 1. The maximum Gasteiger partial charge on any atom is 0.00699 e. The molecule has 0 aromatic carbocycles. The molecule has 0 spiro atoms. The van der Waals surface area contributed by atoms with Gasteiger partial charge in [-0.3, -0.25) is 0 Å². The van der Waals surface area contributed by atoms with Crippen LogP contribution >= 0.6 is 0 Å². The SMILES string of the molecule is CCN1CC[C@H](CN)C[C@H]1C. The summed E-state index contributed by atoms with van der Waals surface area (Å²) in [6, 6.07) is 0.752. The molecule has 1 fully saturated rings. The predicted octanol–water partition coefficient (Wildman–Crippen LogP) is 1.07. The predicted molar refractivity (Wildman–Crippen MR) is 48.5 cm³/mol. The van der Waals surface area contributed by atoms with Crippen molar-refractivity contribution in [1.82, 2.24) is 4.90 Å². The van der Waals surface area contributed by atoms with E-state index in [0.29, 0.717) is 0 Å². The van der Waals surface area contributed by atoms with Gasteiger partial charge in [0.15, 0.2) is 0 Å². The Balaban J connectivity index is 2.34. The third kappa shape index (κ3) is 2.17. The summed E-state index contributed by atoms with van der Waals surface area (Å²) in [6.07, 6.45) is 2.60. The van der Waals surface area contributed by atoms with Crippen molar-refractivity contribution in [2.24, 2.45) is 11.7 Å². The molecular weight excluding hydrogens is 136 g/mol. The monoisotopic (exact) mass is 156 g/mol. The Kier molecular flexibility index (Phi) is 3.34. The molecule has 1 saturated heterocycles. The van der Waals surface area contributed by atoms with Gasteiger partial charge in [0, 0.05) is 6.04 Å². The van der Waals surface area contributed by atoms with Gasteiger partial charge in [-0.1, -0.05) is 6.92 Å². The molecule has 0 radical (unpaired) electrons. The van der Waals surface area contributed by atoms with Crippen LogP contribution in [0.3, 0.4) is 0 Å². The normalized spacial score (nSPS) is 34.1. The minimum absolute atomic E-state index is 0.752. The van der Waals surface area contributed by atoms with E-state index in [4.69, 9.17) is 5.73 Å². The van der Waals surface area contributed by atoms with Crippen molar-refractivity contribution < 1.29 is 0 Å². The first-order valence-electron chi connectivity index (χ1n) is 4.72. The lowest BCUT2D eigenvalue weighted by atomic mass is 9.92. The molecule has 66 valence electrons. The van der Waals surface area contributed by atoms with E-state index in [-0.39, 0.29) is 0 Å². The van der Waals surface area contributed by atoms with Crippen molar-refractivity contribution in [2.45, 2.75) is 32.7 Å². The summed E-state index contributed by atoms with van der Waals surface area (Å²) in [5.74, 6) is 0.785. The van der Waals surface area contributed by atoms with Crippen LogP contribution in [0.15, 0.2) is 0 Å². The highest BCUT2D eigenvalue weighted by atomic mass is 15.1. The third-order valence-electron chi connectivity index (χ3n) is 2.86. The van der Waals surface area contributed by atoms with E-state index in [1.54, 1.807) is 0 Å². The lowest BCUT2D eigenvalue weighted by molar-refractivity contribution is 0.132. The van der Waals surface area contributed by atoms with Crippen molar-refractivity contribution >= 4 is 0 Å². The zero-order chi connectivity index (χ0) is 8.27. The Labute approximate surface area is 69.8 Å². The number of rotatable bonds is 2. The lowest BCUT2D eigenvalue weighted by Gasteiger charge is -2.36. The van der Waals surface area contributed by atoms with Gasteiger partial charge in [-0.15, -0.1) is 0 Å². The van der Waals surface area contributed by atoms with Gasteiger partial charge < -0.3 is 10.6 Å². The first-order chi connectivity index (χ1) is 5.27. The average Bonchev–Trinajstić information content (AvgIpc) is 2.04. The number of likely N-dealkylation sites (tertiary alicyclic amines) is 1. The van der Waals surface area contributed by atoms with Gasteiger partial charge in [-0.25, -0.2) is 0 Å². The summed E-state index contributed by atoms with van der Waals surface area (Å²) in [6.45, 7) is 7.87. The smallest absolute Gasteiger partial charge is 0.00699 e. The zero-order valence-electron chi connectivity index (χ0n) is 7.71. The van der Waals surface area contributed by atoms with Crippen molar-refractivity contribution in [1.29, 1.82) is 0 Å². The van der Waals surface area contributed by atoms with Gasteiger partial charge >= 0.3 is 0 Å². The summed E-state index contributed by atoms with van der Waals surface area (Å²) in [5, 5.41) is 0. The van der Waals surface area contributed by atoms with Crippen LogP contribution < -0.4 is 5.73 Å². The molecule has 0 aromatic rings. The van der Waals surface area contributed by atoms with E-state index in [0.717, 1.165) is 18.5 Å². The van der Waals surface area contributed by atoms with Crippen molar-refractivity contribution in [3.05, 3.63) is 0 Å². The van der Waals surface area contributed by atoms with Crippen LogP contribution in [0.1, 0.15) is 26.7 Å². The summed E-state index contributed by atoms with van der Waals surface area (Å²) in [4.78, 5) is 2.53. The molecule has 0 saturated carbocycles. The highest BCUT2D eigenvalue weighted by Gasteiger charge is 2.22. The molecule has 1 heterocycles. The van der Waals surface area contributed by atoms with Gasteiger partial charge in [-0.2, -0.15) is 0 Å². The second-order valence-electron chi connectivity index (χ2n) is 3.60. The van der Waals surface area contributed by atoms with E-state index >= 15 is 0 Å². The maximum absolute atomic E-state index is 5.63. The quantitative estimate of drug-likeness (QED) is 0.648. The van der Waals surface area contributed by atoms with Crippen LogP contribution in [-0.2, 0) is 0 Å². The third-order valence-corrected chi connectivity index (χ3v) is 2.86. The number of nitrogens with two attached hydrogens (primary N) is 1. The summed E-state index contributed by atoms with van der Waals surface area (Å²) in [5.41, 5.74) is 5.63. The second-order valence-corrected chi connectivity index (χ2v) is 3.60. The van der Waals surface area contributed by atoms with E-state index in [9.17, 15) is 0 Å². The Hall–Kier alpha value is -0.0800. The van der Waals surface area contributed by atoms with Crippen molar-refractivity contribution in [2.75, 3.05) is 19.6 Å². The van der Waals surface area contributed by atoms with E-state index < -0.39 is 0 Å². The largest absolute Gasteiger partial charge is 0.330 e. The Bertz CT molecular complexity index is 114. The summed E-state index contributed by atoms with van der Waals surface area (Å²) < 4.78 is 0. The standard InChI is InChI=1S/C9H20N2/c1-3-11-5-4-9(7-10)6-8(11)2/h8-9H,3-7,10H2,1-2H3/t8-,9+/m1/s1. The summed E-state index contributed by atoms with van der Waals surface area (Å²) in [7, 11) is 0. The fraction of sp³-hybridized carbons (Fsp3) is 1.00. The van der Waals surface area contributed by atoms with Crippen molar-refractivity contribution in [3.63, 3.8) is 0 Å². The molecule has 2 N–H and O–H groups in total. The van der Waals surface area contributed by atoms with Crippen LogP contribution in [0.5, 0.6) is 0 Å². The van der Waals surface area contributed by atoms with E-state index in [1.807, 2.05) is 0 Å². The van der Waals surface area contributed by atoms with Crippen LogP contribution in [-0.4, -0.2) is 30.6 Å². The maximum atomic E-state index is 5.63. The van der Waals surface area contributed by atoms with Crippen LogP contribution in [0.25, 0.3) is 0 Å². The van der Waals surface area contributed by atoms with Gasteiger partial charge in [0.25, 0.3) is 0 Å². The molecule has 2 heteroatoms. The minimum atomic E-state index is 0.752. The van der Waals surface area contributed by atoms with E-state index in [2.05, 4.69) is 18.7 Å². The van der Waals surface area contributed by atoms with Gasteiger partial charge in [0.1, 0.15) is 0 Å². The minimum Gasteiger partial charge on any atom is -0.330 e. The molecule has 1 aliphatic rings. The second kappa shape index (κ2) is 4.07. The number of piperidine rings is 1. The Morgan fingerprint density at radius 1 is 1.55 bits per heavy atom. The molecule has 1 rings (SSSR count). The van der Waals surface area contributed by atoms with Crippen LogP contribution in [0.4, 0.5) is 0 Å². The van der Waals surface area contributed by atoms with Gasteiger partial charge in [0.2, 0.25) is 0 Å². The highest BCUT2D eigenvalue weighted by molar-refractivity contribution is 4.78. The van der Waals surface area contributed by atoms with E-state index in [1.165, 1.54) is 25.9 Å². The summed E-state index contributed by atoms with van der Waals surface area (Å²) >= 11 is 0. The Morgan fingerprint density at radius 3 is 2.73 bits per heavy atom. The lowest BCUT2D eigenvalue weighted by Crippen LogP contribution is -2.42. The molecule has 0 bridgehead atoms. The molecule has 2 nitrogen and oxygen atoms in total. The van der Waals surface area contributed by atoms with Gasteiger partial charge in [0.05, 0.1) is 0 Å². The van der Waals surface area contributed by atoms with Gasteiger partial charge in [-0.05, 0) is 45.3 Å². The first-order valence-corrected chi connectivity index (χ1v) is 4.72. The first kappa shape index (κ1) is 9.01. The number of hydrogen-bond acceptors (Lipinski definition) is 2. The topological polar surface area (TPSA) is 29.3 Å². The molecule has 0 amide bonds. The molecule has 0 aromatic heterocycles. The number of nitrogens with zero attached hydrogens (tertiary/aromatic N) is 1. The molecule has 0 aliphatic carbocycles. The molecule has 11 heavy (non-hydrogen) atoms. The molecule has 0 unspecified atom stereocenters. The fourth-order valence-corrected chi connectivity index (χ4v) is 2.00. The zero-order valence-corrected chi connectivity index (χ0v) is 7.71. The fourth-order valence-electron chi connectivity index (χ4n) is 2.00. The average molecular weight is 156 g/mol. The van der Waals surface area contributed by atoms with Crippen molar-refractivity contribution in [3.8, 4) is 0 Å². The molecule has 2 atom stereocenters. The highest BCUT2D eigenvalue weighted by Crippen LogP contribution is 2.20. The van der Waals surface area contributed by atoms with Crippen LogP contribution in [0, 0.1) is 5.92 Å². The van der Waals surface area contributed by atoms with Crippen LogP contribution in [0.2, 0.25) is 0 Å². The molecular formula is C9H20N2. The molecule has 1 aliphatic heterocycles. The Morgan fingerprint density at radius 2 is 2.27 bits per heavy atom.